The molecule has 4 aromatic rings. The summed E-state index contributed by atoms with van der Waals surface area (Å²) in [5.41, 5.74) is 20.6. The molecule has 0 aromatic heterocycles. The van der Waals surface area contributed by atoms with Gasteiger partial charge in [-0.25, -0.2) is 0 Å². The summed E-state index contributed by atoms with van der Waals surface area (Å²) in [5, 5.41) is 0. The van der Waals surface area contributed by atoms with Crippen molar-refractivity contribution in [3.05, 3.63) is 143 Å². The predicted molar refractivity (Wildman–Crippen MR) is 142 cm³/mol. The maximum atomic E-state index is 6.57. The first kappa shape index (κ1) is 22.6. The molecule has 2 heteroatoms. The number of nitrogens with two attached hydrogens (primary N) is 2. The van der Waals surface area contributed by atoms with Crippen molar-refractivity contribution >= 4 is 0 Å². The lowest BCUT2D eigenvalue weighted by Crippen LogP contribution is -2.30. The summed E-state index contributed by atoms with van der Waals surface area (Å²) < 4.78 is 0. The van der Waals surface area contributed by atoms with Gasteiger partial charge in [0.15, 0.2) is 0 Å². The van der Waals surface area contributed by atoms with Crippen LogP contribution < -0.4 is 11.5 Å². The highest BCUT2D eigenvalue weighted by Crippen LogP contribution is 2.45. The molecule has 0 amide bonds. The van der Waals surface area contributed by atoms with Crippen molar-refractivity contribution in [1.82, 2.24) is 0 Å². The van der Waals surface area contributed by atoms with E-state index in [0.29, 0.717) is 0 Å². The summed E-state index contributed by atoms with van der Waals surface area (Å²) >= 11 is 0. The van der Waals surface area contributed by atoms with E-state index in [1.807, 2.05) is 36.4 Å². The fourth-order valence-electron chi connectivity index (χ4n) is 5.62. The average Bonchev–Trinajstić information content (AvgIpc) is 2.94. The number of hydrogen-bond acceptors (Lipinski definition) is 2. The number of rotatable bonds is 6. The summed E-state index contributed by atoms with van der Waals surface area (Å²) in [5.74, 6) is 0. The van der Waals surface area contributed by atoms with Crippen LogP contribution in [0, 0.1) is 0 Å². The topological polar surface area (TPSA) is 52.0 Å². The maximum Gasteiger partial charge on any atom is 0.0551 e. The molecule has 2 nitrogen and oxygen atoms in total. The van der Waals surface area contributed by atoms with Gasteiger partial charge in [-0.05, 0) is 46.2 Å². The Labute approximate surface area is 203 Å². The van der Waals surface area contributed by atoms with E-state index in [0.717, 1.165) is 22.3 Å². The van der Waals surface area contributed by atoms with Gasteiger partial charge in [-0.1, -0.05) is 128 Å². The molecule has 34 heavy (non-hydrogen) atoms. The van der Waals surface area contributed by atoms with Gasteiger partial charge in [0, 0.05) is 5.41 Å². The zero-order valence-corrected chi connectivity index (χ0v) is 19.7. The summed E-state index contributed by atoms with van der Waals surface area (Å²) in [6, 6.07) is 38.6. The average molecular weight is 447 g/mol. The van der Waals surface area contributed by atoms with Gasteiger partial charge in [-0.2, -0.15) is 0 Å². The Morgan fingerprint density at radius 3 is 1.18 bits per heavy atom. The Balaban J connectivity index is 1.44. The molecule has 1 aliphatic rings. The molecule has 172 valence electrons. The van der Waals surface area contributed by atoms with Crippen LogP contribution in [-0.2, 0) is 5.41 Å². The first-order valence-corrected chi connectivity index (χ1v) is 12.5. The number of benzene rings is 4. The van der Waals surface area contributed by atoms with Crippen LogP contribution in [0.5, 0.6) is 0 Å². The molecule has 0 saturated heterocycles. The van der Waals surface area contributed by atoms with Crippen molar-refractivity contribution in [2.45, 2.75) is 49.6 Å². The second-order valence-electron chi connectivity index (χ2n) is 9.66. The quantitative estimate of drug-likeness (QED) is 0.334. The zero-order chi connectivity index (χ0) is 23.4. The first-order chi connectivity index (χ1) is 16.7. The minimum Gasteiger partial charge on any atom is -0.320 e. The summed E-state index contributed by atoms with van der Waals surface area (Å²) in [6.07, 6.45) is 6.20. The molecule has 0 aliphatic heterocycles. The molecule has 0 radical (unpaired) electrons. The monoisotopic (exact) mass is 446 g/mol. The van der Waals surface area contributed by atoms with E-state index in [1.54, 1.807) is 0 Å². The third-order valence-electron chi connectivity index (χ3n) is 7.67. The molecule has 4 N–H and O–H groups in total. The van der Waals surface area contributed by atoms with Gasteiger partial charge in [0.05, 0.1) is 12.1 Å². The molecule has 0 bridgehead atoms. The molecular weight excluding hydrogens is 412 g/mol. The van der Waals surface area contributed by atoms with Crippen molar-refractivity contribution in [2.75, 3.05) is 0 Å². The van der Waals surface area contributed by atoms with E-state index in [2.05, 4.69) is 72.8 Å². The summed E-state index contributed by atoms with van der Waals surface area (Å²) in [6.45, 7) is 0. The lowest BCUT2D eigenvalue weighted by Gasteiger charge is -2.39. The van der Waals surface area contributed by atoms with Crippen molar-refractivity contribution in [1.29, 1.82) is 0 Å². The molecule has 0 heterocycles. The second kappa shape index (κ2) is 9.97. The highest BCUT2D eigenvalue weighted by molar-refractivity contribution is 5.44. The van der Waals surface area contributed by atoms with Gasteiger partial charge >= 0.3 is 0 Å². The highest BCUT2D eigenvalue weighted by Gasteiger charge is 2.35. The molecule has 1 aliphatic carbocycles. The van der Waals surface area contributed by atoms with Crippen molar-refractivity contribution in [2.24, 2.45) is 11.5 Å². The molecule has 4 aromatic carbocycles. The highest BCUT2D eigenvalue weighted by atomic mass is 14.6. The Kier molecular flexibility index (Phi) is 6.62. The van der Waals surface area contributed by atoms with Crippen LogP contribution in [0.1, 0.15) is 77.6 Å². The van der Waals surface area contributed by atoms with Crippen LogP contribution in [0.3, 0.4) is 0 Å². The molecule has 2 atom stereocenters. The minimum atomic E-state index is -0.101. The third-order valence-corrected chi connectivity index (χ3v) is 7.67. The molecule has 2 unspecified atom stereocenters. The summed E-state index contributed by atoms with van der Waals surface area (Å²) in [4.78, 5) is 0. The first-order valence-electron chi connectivity index (χ1n) is 12.5. The minimum absolute atomic E-state index is 0.0585. The molecular formula is C32H34N2. The third kappa shape index (κ3) is 4.44. The van der Waals surface area contributed by atoms with Gasteiger partial charge in [0.1, 0.15) is 0 Å². The Bertz CT molecular complexity index is 1080. The Hall–Kier alpha value is -3.20. The maximum absolute atomic E-state index is 6.57. The lowest BCUT2D eigenvalue weighted by molar-refractivity contribution is 0.346. The van der Waals surface area contributed by atoms with E-state index in [-0.39, 0.29) is 17.5 Å². The van der Waals surface area contributed by atoms with Crippen molar-refractivity contribution < 1.29 is 0 Å². The van der Waals surface area contributed by atoms with Crippen LogP contribution >= 0.6 is 0 Å². The zero-order valence-electron chi connectivity index (χ0n) is 19.7. The van der Waals surface area contributed by atoms with Crippen LogP contribution in [0.2, 0.25) is 0 Å². The Morgan fingerprint density at radius 2 is 0.794 bits per heavy atom. The van der Waals surface area contributed by atoms with Gasteiger partial charge in [0.25, 0.3) is 0 Å². The van der Waals surface area contributed by atoms with E-state index in [9.17, 15) is 0 Å². The van der Waals surface area contributed by atoms with Crippen molar-refractivity contribution in [3.63, 3.8) is 0 Å². The van der Waals surface area contributed by atoms with Crippen LogP contribution in [0.4, 0.5) is 0 Å². The molecule has 0 spiro atoms. The van der Waals surface area contributed by atoms with Gasteiger partial charge in [-0.3, -0.25) is 0 Å². The fourth-order valence-corrected chi connectivity index (χ4v) is 5.62. The largest absolute Gasteiger partial charge is 0.320 e. The van der Waals surface area contributed by atoms with E-state index in [1.165, 1.54) is 43.2 Å². The Morgan fingerprint density at radius 1 is 0.441 bits per heavy atom. The SMILES string of the molecule is NC(c1ccccc1)c1ccc(C2(c3ccc(C(N)c4ccccc4)cc3)CCCCC2)cc1. The second-order valence-corrected chi connectivity index (χ2v) is 9.66. The van der Waals surface area contributed by atoms with Gasteiger partial charge in [0.2, 0.25) is 0 Å². The fraction of sp³-hybridized carbons (Fsp3) is 0.250. The number of hydrogen-bond donors (Lipinski definition) is 2. The van der Waals surface area contributed by atoms with Crippen LogP contribution in [-0.4, -0.2) is 0 Å². The lowest BCUT2D eigenvalue weighted by atomic mass is 9.65. The van der Waals surface area contributed by atoms with Gasteiger partial charge < -0.3 is 11.5 Å². The van der Waals surface area contributed by atoms with E-state index < -0.39 is 0 Å². The van der Waals surface area contributed by atoms with Crippen LogP contribution in [0.15, 0.2) is 109 Å². The normalized spacial score (nSPS) is 17.1. The molecule has 5 rings (SSSR count). The molecule has 1 saturated carbocycles. The van der Waals surface area contributed by atoms with E-state index in [4.69, 9.17) is 11.5 Å². The van der Waals surface area contributed by atoms with E-state index >= 15 is 0 Å². The van der Waals surface area contributed by atoms with Gasteiger partial charge in [-0.15, -0.1) is 0 Å². The van der Waals surface area contributed by atoms with Crippen molar-refractivity contribution in [3.8, 4) is 0 Å². The summed E-state index contributed by atoms with van der Waals surface area (Å²) in [7, 11) is 0. The smallest absolute Gasteiger partial charge is 0.0551 e. The van der Waals surface area contributed by atoms with Crippen LogP contribution in [0.25, 0.3) is 0 Å². The standard InChI is InChI=1S/C32H34N2/c33-30(24-10-4-1-5-11-24)26-14-18-28(19-15-26)32(22-8-3-9-23-32)29-20-16-27(17-21-29)31(34)25-12-6-2-7-13-25/h1-2,4-7,10-21,30-31H,3,8-9,22-23,33-34H2. The predicted octanol–water partition coefficient (Wildman–Crippen LogP) is 7.03. The molecule has 1 fully saturated rings.